The summed E-state index contributed by atoms with van der Waals surface area (Å²) < 4.78 is 152. The van der Waals surface area contributed by atoms with E-state index in [1.807, 2.05) is 0 Å². The molecule has 0 spiro atoms. The third kappa shape index (κ3) is 9.18. The van der Waals surface area contributed by atoms with E-state index in [1.54, 1.807) is 0 Å². The molecule has 48 heavy (non-hydrogen) atoms. The molecule has 0 aliphatic heterocycles. The fourth-order valence-corrected chi connectivity index (χ4v) is 4.60. The number of rotatable bonds is 11. The third-order valence-electron chi connectivity index (χ3n) is 6.97. The fourth-order valence-electron chi connectivity index (χ4n) is 4.60. The molecular formula is C32H25F10NO5. The number of halogens is 10. The summed E-state index contributed by atoms with van der Waals surface area (Å²) >= 11 is 0. The average Bonchev–Trinajstić information content (AvgIpc) is 3.01. The zero-order valence-electron chi connectivity index (χ0n) is 25.1. The Morgan fingerprint density at radius 3 is 1.85 bits per heavy atom. The van der Waals surface area contributed by atoms with Crippen molar-refractivity contribution in [2.45, 2.75) is 44.1 Å². The van der Waals surface area contributed by atoms with Crippen LogP contribution in [0.3, 0.4) is 0 Å². The van der Waals surface area contributed by atoms with Crippen LogP contribution in [0, 0.1) is 17.7 Å². The molecule has 0 aliphatic carbocycles. The zero-order valence-corrected chi connectivity index (χ0v) is 25.1. The lowest BCUT2D eigenvalue weighted by Gasteiger charge is -2.32. The molecule has 258 valence electrons. The fraction of sp³-hybridized carbons (Fsp3) is 0.312. The van der Waals surface area contributed by atoms with Crippen molar-refractivity contribution < 1.29 is 67.7 Å². The average molecular weight is 694 g/mol. The summed E-state index contributed by atoms with van der Waals surface area (Å²) in [6, 6.07) is 3.76. The lowest BCUT2D eigenvalue weighted by Crippen LogP contribution is -2.37. The minimum Gasteiger partial charge on any atom is -0.495 e. The van der Waals surface area contributed by atoms with Crippen molar-refractivity contribution in [3.05, 3.63) is 93.3 Å². The van der Waals surface area contributed by atoms with Gasteiger partial charge in [-0.3, -0.25) is 9.59 Å². The van der Waals surface area contributed by atoms with Gasteiger partial charge in [0.2, 0.25) is 6.41 Å². The lowest BCUT2D eigenvalue weighted by molar-refractivity contribution is -0.143. The second-order valence-electron chi connectivity index (χ2n) is 10.1. The van der Waals surface area contributed by atoms with Gasteiger partial charge in [0.05, 0.1) is 35.4 Å². The maximum absolute atomic E-state index is 14.3. The van der Waals surface area contributed by atoms with E-state index in [0.29, 0.717) is 30.6 Å². The Morgan fingerprint density at radius 1 is 0.771 bits per heavy atom. The van der Waals surface area contributed by atoms with Crippen LogP contribution < -0.4 is 9.47 Å². The van der Waals surface area contributed by atoms with E-state index in [0.717, 1.165) is 30.2 Å². The van der Waals surface area contributed by atoms with Crippen LogP contribution in [0.4, 0.5) is 43.9 Å². The van der Waals surface area contributed by atoms with Gasteiger partial charge in [-0.05, 0) is 54.4 Å². The van der Waals surface area contributed by atoms with Crippen LogP contribution in [-0.2, 0) is 39.4 Å². The van der Waals surface area contributed by atoms with Gasteiger partial charge in [-0.15, -0.1) is 0 Å². The zero-order chi connectivity index (χ0) is 36.0. The summed E-state index contributed by atoms with van der Waals surface area (Å²) in [5.41, 5.74) is -5.33. The van der Waals surface area contributed by atoms with Crippen LogP contribution >= 0.6 is 0 Å². The topological polar surface area (TPSA) is 65.1 Å². The normalized spacial score (nSPS) is 13.2. The van der Waals surface area contributed by atoms with Crippen LogP contribution in [-0.4, -0.2) is 44.5 Å². The number of methoxy groups -OCH3 is 2. The van der Waals surface area contributed by atoms with E-state index in [1.165, 1.54) is 14.0 Å². The molecule has 3 aromatic rings. The number of ether oxygens (including phenoxy) is 3. The van der Waals surface area contributed by atoms with Gasteiger partial charge in [0.25, 0.3) is 0 Å². The summed E-state index contributed by atoms with van der Waals surface area (Å²) in [5, 5.41) is 0. The molecule has 0 unspecified atom stereocenters. The highest BCUT2D eigenvalue weighted by atomic mass is 19.4. The Morgan fingerprint density at radius 2 is 1.35 bits per heavy atom. The Hall–Kier alpha value is -4.78. The number of amides is 1. The minimum absolute atomic E-state index is 0.00396. The number of aldehydes is 1. The number of nitrogens with zero attached hydrogens (tertiary/aromatic N) is 1. The summed E-state index contributed by atoms with van der Waals surface area (Å²) in [7, 11) is 2.16. The first-order chi connectivity index (χ1) is 22.3. The molecule has 0 aromatic heterocycles. The quantitative estimate of drug-likeness (QED) is 0.118. The molecule has 0 fully saturated rings. The number of alkyl halides is 9. The lowest BCUT2D eigenvalue weighted by atomic mass is 9.96. The van der Waals surface area contributed by atoms with Gasteiger partial charge in [-0.25, -0.2) is 4.39 Å². The summed E-state index contributed by atoms with van der Waals surface area (Å²) in [4.78, 5) is 23.7. The molecule has 0 aliphatic rings. The first-order valence-corrected chi connectivity index (χ1v) is 13.5. The number of hydrogen-bond acceptors (Lipinski definition) is 5. The first kappa shape index (κ1) is 37.7. The molecular weight excluding hydrogens is 668 g/mol. The van der Waals surface area contributed by atoms with Crippen molar-refractivity contribution in [1.82, 2.24) is 4.90 Å². The minimum atomic E-state index is -5.18. The summed E-state index contributed by atoms with van der Waals surface area (Å²) in [6.45, 7) is 0.0659. The van der Waals surface area contributed by atoms with E-state index in [-0.39, 0.29) is 40.7 Å². The highest BCUT2D eigenvalue weighted by molar-refractivity contribution is 5.57. The van der Waals surface area contributed by atoms with Crippen LogP contribution in [0.2, 0.25) is 0 Å². The maximum atomic E-state index is 14.3. The van der Waals surface area contributed by atoms with Gasteiger partial charge < -0.3 is 19.1 Å². The van der Waals surface area contributed by atoms with Gasteiger partial charge in [0.15, 0.2) is 17.9 Å². The molecule has 2 atom stereocenters. The highest BCUT2D eigenvalue weighted by Gasteiger charge is 2.39. The van der Waals surface area contributed by atoms with E-state index >= 15 is 0 Å². The summed E-state index contributed by atoms with van der Waals surface area (Å²) in [6.07, 6.45) is -16.3. The van der Waals surface area contributed by atoms with Crippen molar-refractivity contribution in [3.63, 3.8) is 0 Å². The van der Waals surface area contributed by atoms with Gasteiger partial charge in [-0.2, -0.15) is 39.5 Å². The first-order valence-electron chi connectivity index (χ1n) is 13.5. The SMILES string of the molecule is COc1cc(F)c(OCC=O)cc1C#Cc1ccc(C(F)(F)F)cc1CN(C=O)[C@@H](C)[C@H](OC)c1cc(C(F)(F)F)cc(C(F)(F)F)c1. The van der Waals surface area contributed by atoms with Gasteiger partial charge in [0, 0.05) is 31.4 Å². The third-order valence-corrected chi connectivity index (χ3v) is 6.97. The summed E-state index contributed by atoms with van der Waals surface area (Å²) in [5.74, 6) is 3.84. The molecule has 0 saturated carbocycles. The second-order valence-corrected chi connectivity index (χ2v) is 10.1. The van der Waals surface area contributed by atoms with Gasteiger partial charge >= 0.3 is 18.5 Å². The van der Waals surface area contributed by atoms with Crippen molar-refractivity contribution in [3.8, 4) is 23.3 Å². The van der Waals surface area contributed by atoms with Crippen LogP contribution in [0.15, 0.2) is 48.5 Å². The van der Waals surface area contributed by atoms with Crippen LogP contribution in [0.5, 0.6) is 11.5 Å². The molecule has 0 heterocycles. The number of carbonyl (C=O) groups excluding carboxylic acids is 2. The largest absolute Gasteiger partial charge is 0.495 e. The second kappa shape index (κ2) is 15.0. The molecule has 0 N–H and O–H groups in total. The maximum Gasteiger partial charge on any atom is 0.416 e. The van der Waals surface area contributed by atoms with Gasteiger partial charge in [-0.1, -0.05) is 11.8 Å². The highest BCUT2D eigenvalue weighted by Crippen LogP contribution is 2.39. The standard InChI is InChI=1S/C32H25F10NO5/c1-18(29(47-3)21-10-24(31(37,38)39)14-25(11-21)32(40,41)42)43(17-45)16-22-12-23(30(34,35)36)7-6-19(22)4-5-20-13-28(48-9-8-44)26(33)15-27(20)46-2/h6-8,10-15,17-18,29H,9,16H2,1-3H3/t18-,29-/m0/s1. The van der Waals surface area contributed by atoms with E-state index in [9.17, 15) is 53.5 Å². The monoisotopic (exact) mass is 693 g/mol. The predicted octanol–water partition coefficient (Wildman–Crippen LogP) is 7.60. The van der Waals surface area contributed by atoms with Crippen molar-refractivity contribution in [1.29, 1.82) is 0 Å². The smallest absolute Gasteiger partial charge is 0.416 e. The van der Waals surface area contributed by atoms with Crippen molar-refractivity contribution in [2.75, 3.05) is 20.8 Å². The van der Waals surface area contributed by atoms with Crippen molar-refractivity contribution in [2.24, 2.45) is 0 Å². The van der Waals surface area contributed by atoms with Crippen LogP contribution in [0.1, 0.15) is 52.0 Å². The molecule has 0 saturated heterocycles. The molecule has 0 bridgehead atoms. The Bertz CT molecular complexity index is 1660. The van der Waals surface area contributed by atoms with Gasteiger partial charge in [0.1, 0.15) is 18.5 Å². The predicted molar refractivity (Wildman–Crippen MR) is 149 cm³/mol. The Balaban J connectivity index is 2.11. The number of carbonyl (C=O) groups is 2. The van der Waals surface area contributed by atoms with E-state index in [4.69, 9.17) is 14.2 Å². The Kier molecular flexibility index (Phi) is 11.8. The molecule has 16 heteroatoms. The van der Waals surface area contributed by atoms with E-state index < -0.39 is 71.9 Å². The molecule has 0 radical (unpaired) electrons. The molecule has 3 aromatic carbocycles. The van der Waals surface area contributed by atoms with Crippen LogP contribution in [0.25, 0.3) is 0 Å². The molecule has 3 rings (SSSR count). The Labute approximate surface area is 267 Å². The molecule has 1 amide bonds. The number of hydrogen-bond donors (Lipinski definition) is 0. The number of benzene rings is 3. The van der Waals surface area contributed by atoms with E-state index in [2.05, 4.69) is 11.8 Å². The van der Waals surface area contributed by atoms with Crippen molar-refractivity contribution >= 4 is 12.7 Å². The molecule has 6 nitrogen and oxygen atoms in total.